The summed E-state index contributed by atoms with van der Waals surface area (Å²) in [6, 6.07) is 16.5. The van der Waals surface area contributed by atoms with Crippen LogP contribution in [0.15, 0.2) is 54.6 Å². The van der Waals surface area contributed by atoms with Gasteiger partial charge in [0.1, 0.15) is 11.5 Å². The van der Waals surface area contributed by atoms with Gasteiger partial charge >= 0.3 is 6.03 Å². The van der Waals surface area contributed by atoms with Gasteiger partial charge in [-0.15, -0.1) is 0 Å². The summed E-state index contributed by atoms with van der Waals surface area (Å²) in [5.41, 5.74) is 0.662. The lowest BCUT2D eigenvalue weighted by molar-refractivity contribution is -0.126. The van der Waals surface area contributed by atoms with Crippen LogP contribution in [-0.4, -0.2) is 48.9 Å². The molecule has 0 aliphatic carbocycles. The summed E-state index contributed by atoms with van der Waals surface area (Å²) in [4.78, 5) is 27.3. The number of amides is 3. The minimum absolute atomic E-state index is 0.134. The molecule has 6 heteroatoms. The van der Waals surface area contributed by atoms with Crippen LogP contribution in [0.2, 0.25) is 0 Å². The zero-order valence-electron chi connectivity index (χ0n) is 15.0. The minimum Gasteiger partial charge on any atom is -0.457 e. The number of benzene rings is 2. The molecule has 6 nitrogen and oxygen atoms in total. The summed E-state index contributed by atoms with van der Waals surface area (Å²) < 4.78 is 5.78. The summed E-state index contributed by atoms with van der Waals surface area (Å²) in [6.45, 7) is 1.24. The third kappa shape index (κ3) is 4.53. The molecule has 3 rings (SSSR count). The zero-order valence-corrected chi connectivity index (χ0v) is 15.0. The Bertz CT molecular complexity index is 779. The predicted octanol–water partition coefficient (Wildman–Crippen LogP) is 3.42. The van der Waals surface area contributed by atoms with Crippen molar-refractivity contribution in [1.82, 2.24) is 9.80 Å². The number of urea groups is 1. The largest absolute Gasteiger partial charge is 0.457 e. The Morgan fingerprint density at radius 3 is 2.62 bits per heavy atom. The first kappa shape index (κ1) is 17.8. The molecule has 1 heterocycles. The monoisotopic (exact) mass is 353 g/mol. The molecule has 0 saturated carbocycles. The Labute approximate surface area is 153 Å². The van der Waals surface area contributed by atoms with Crippen molar-refractivity contribution in [3.8, 4) is 11.5 Å². The smallest absolute Gasteiger partial charge is 0.321 e. The fourth-order valence-electron chi connectivity index (χ4n) is 3.03. The van der Waals surface area contributed by atoms with E-state index in [-0.39, 0.29) is 17.9 Å². The molecule has 1 aliphatic rings. The highest BCUT2D eigenvalue weighted by Gasteiger charge is 2.28. The first-order valence-corrected chi connectivity index (χ1v) is 8.60. The number of likely N-dealkylation sites (tertiary alicyclic amines) is 1. The van der Waals surface area contributed by atoms with Crippen molar-refractivity contribution in [2.45, 2.75) is 6.42 Å². The first-order chi connectivity index (χ1) is 12.5. The van der Waals surface area contributed by atoms with E-state index in [1.54, 1.807) is 30.0 Å². The van der Waals surface area contributed by atoms with E-state index in [2.05, 4.69) is 5.32 Å². The van der Waals surface area contributed by atoms with Crippen molar-refractivity contribution in [2.75, 3.05) is 32.5 Å². The Hall–Kier alpha value is -3.02. The average molecular weight is 353 g/mol. The number of hydrogen-bond acceptors (Lipinski definition) is 3. The summed E-state index contributed by atoms with van der Waals surface area (Å²) in [7, 11) is 3.53. The maximum Gasteiger partial charge on any atom is 0.321 e. The Kier molecular flexibility index (Phi) is 5.41. The highest BCUT2D eigenvalue weighted by atomic mass is 16.5. The Balaban J connectivity index is 1.57. The third-order valence-electron chi connectivity index (χ3n) is 4.36. The highest BCUT2D eigenvalue weighted by molar-refractivity contribution is 5.89. The topological polar surface area (TPSA) is 61.9 Å². The minimum atomic E-state index is -0.205. The highest BCUT2D eigenvalue weighted by Crippen LogP contribution is 2.24. The molecule has 1 saturated heterocycles. The molecule has 1 unspecified atom stereocenters. The van der Waals surface area contributed by atoms with Crippen molar-refractivity contribution in [3.63, 3.8) is 0 Å². The molecule has 0 bridgehead atoms. The van der Waals surface area contributed by atoms with Crippen LogP contribution in [-0.2, 0) is 4.79 Å². The lowest BCUT2D eigenvalue weighted by Crippen LogP contribution is -2.35. The summed E-state index contributed by atoms with van der Waals surface area (Å²) in [5, 5.41) is 2.87. The average Bonchev–Trinajstić information content (AvgIpc) is 2.93. The zero-order chi connectivity index (χ0) is 18.5. The predicted molar refractivity (Wildman–Crippen MR) is 100 cm³/mol. The van der Waals surface area contributed by atoms with Crippen molar-refractivity contribution in [1.29, 1.82) is 0 Å². The van der Waals surface area contributed by atoms with Gasteiger partial charge in [0.2, 0.25) is 5.91 Å². The van der Waals surface area contributed by atoms with E-state index in [0.29, 0.717) is 30.9 Å². The molecule has 0 radical (unpaired) electrons. The first-order valence-electron chi connectivity index (χ1n) is 8.60. The van der Waals surface area contributed by atoms with Gasteiger partial charge in [-0.2, -0.15) is 0 Å². The molecule has 26 heavy (non-hydrogen) atoms. The molecule has 1 atom stereocenters. The molecule has 0 aromatic heterocycles. The standard InChI is InChI=1S/C20H23N3O3/c1-22-13-15(11-19(22)24)14-23(2)20(25)21-16-7-6-10-18(12-16)26-17-8-4-3-5-9-17/h3-10,12,15H,11,13-14H2,1-2H3,(H,21,25). The molecule has 3 amide bonds. The van der Waals surface area contributed by atoms with Gasteiger partial charge < -0.3 is 19.9 Å². The molecule has 2 aromatic carbocycles. The van der Waals surface area contributed by atoms with E-state index in [9.17, 15) is 9.59 Å². The normalized spacial score (nSPS) is 16.5. The number of hydrogen-bond donors (Lipinski definition) is 1. The number of nitrogens with one attached hydrogen (secondary N) is 1. The summed E-state index contributed by atoms with van der Waals surface area (Å²) in [6.07, 6.45) is 0.495. The van der Waals surface area contributed by atoms with Gasteiger partial charge in [-0.1, -0.05) is 24.3 Å². The van der Waals surface area contributed by atoms with Crippen LogP contribution < -0.4 is 10.1 Å². The molecular formula is C20H23N3O3. The number of ether oxygens (including phenoxy) is 1. The molecule has 1 aliphatic heterocycles. The molecule has 0 spiro atoms. The van der Waals surface area contributed by atoms with E-state index in [0.717, 1.165) is 5.75 Å². The SMILES string of the molecule is CN1CC(CN(C)C(=O)Nc2cccc(Oc3ccccc3)c2)CC1=O. The van der Waals surface area contributed by atoms with Crippen molar-refractivity contribution in [3.05, 3.63) is 54.6 Å². The quantitative estimate of drug-likeness (QED) is 0.896. The van der Waals surface area contributed by atoms with Crippen LogP contribution in [0.25, 0.3) is 0 Å². The maximum absolute atomic E-state index is 12.4. The molecule has 136 valence electrons. The van der Waals surface area contributed by atoms with Gasteiger partial charge in [-0.25, -0.2) is 4.79 Å². The van der Waals surface area contributed by atoms with Gasteiger partial charge in [0, 0.05) is 51.3 Å². The van der Waals surface area contributed by atoms with Gasteiger partial charge in [0.15, 0.2) is 0 Å². The van der Waals surface area contributed by atoms with E-state index in [1.807, 2.05) is 48.5 Å². The van der Waals surface area contributed by atoms with Crippen LogP contribution in [0.4, 0.5) is 10.5 Å². The van der Waals surface area contributed by atoms with E-state index in [4.69, 9.17) is 4.74 Å². The van der Waals surface area contributed by atoms with Gasteiger partial charge in [-0.05, 0) is 24.3 Å². The van der Waals surface area contributed by atoms with Gasteiger partial charge in [0.05, 0.1) is 0 Å². The number of nitrogens with zero attached hydrogens (tertiary/aromatic N) is 2. The van der Waals surface area contributed by atoms with Gasteiger partial charge in [0.25, 0.3) is 0 Å². The molecular weight excluding hydrogens is 330 g/mol. The molecule has 1 N–H and O–H groups in total. The van der Waals surface area contributed by atoms with E-state index >= 15 is 0 Å². The third-order valence-corrected chi connectivity index (χ3v) is 4.36. The van der Waals surface area contributed by atoms with Crippen LogP contribution in [0.5, 0.6) is 11.5 Å². The fraction of sp³-hybridized carbons (Fsp3) is 0.300. The molecule has 1 fully saturated rings. The second kappa shape index (κ2) is 7.91. The number of carbonyl (C=O) groups excluding carboxylic acids is 2. The maximum atomic E-state index is 12.4. The number of carbonyl (C=O) groups is 2. The number of anilines is 1. The number of rotatable bonds is 5. The van der Waals surface area contributed by atoms with Crippen LogP contribution in [0.3, 0.4) is 0 Å². The molecule has 2 aromatic rings. The summed E-state index contributed by atoms with van der Waals surface area (Å²) >= 11 is 0. The summed E-state index contributed by atoms with van der Waals surface area (Å²) in [5.74, 6) is 1.70. The fourth-order valence-corrected chi connectivity index (χ4v) is 3.03. The van der Waals surface area contributed by atoms with Crippen molar-refractivity contribution >= 4 is 17.6 Å². The Morgan fingerprint density at radius 1 is 1.19 bits per heavy atom. The van der Waals surface area contributed by atoms with Crippen molar-refractivity contribution in [2.24, 2.45) is 5.92 Å². The second-order valence-electron chi connectivity index (χ2n) is 6.60. The second-order valence-corrected chi connectivity index (χ2v) is 6.60. The van der Waals surface area contributed by atoms with Crippen molar-refractivity contribution < 1.29 is 14.3 Å². The van der Waals surface area contributed by atoms with Gasteiger partial charge in [-0.3, -0.25) is 4.79 Å². The lowest BCUT2D eigenvalue weighted by Gasteiger charge is -2.21. The van der Waals surface area contributed by atoms with E-state index in [1.165, 1.54) is 0 Å². The van der Waals surface area contributed by atoms with Crippen LogP contribution in [0, 0.1) is 5.92 Å². The van der Waals surface area contributed by atoms with Crippen LogP contribution >= 0.6 is 0 Å². The lowest BCUT2D eigenvalue weighted by atomic mass is 10.1. The Morgan fingerprint density at radius 2 is 1.92 bits per heavy atom. The van der Waals surface area contributed by atoms with Crippen LogP contribution in [0.1, 0.15) is 6.42 Å². The van der Waals surface area contributed by atoms with E-state index < -0.39 is 0 Å². The number of para-hydroxylation sites is 1.